The molecule has 0 heterocycles. The topological polar surface area (TPSA) is 67.8 Å². The van der Waals surface area contributed by atoms with E-state index in [9.17, 15) is 4.79 Å². The maximum atomic E-state index is 10.00. The molecule has 1 atom stereocenters. The van der Waals surface area contributed by atoms with Crippen molar-refractivity contribution in [3.63, 3.8) is 0 Å². The van der Waals surface area contributed by atoms with E-state index >= 15 is 0 Å². The zero-order valence-corrected chi connectivity index (χ0v) is 8.65. The number of carbonyl (C=O) groups is 1. The van der Waals surface area contributed by atoms with E-state index in [1.807, 2.05) is 0 Å². The third-order valence-corrected chi connectivity index (χ3v) is 1.45. The maximum Gasteiger partial charge on any atom is 0.329 e. The van der Waals surface area contributed by atoms with E-state index in [1.165, 1.54) is 0 Å². The molecule has 0 rings (SSSR count). The van der Waals surface area contributed by atoms with Gasteiger partial charge in [-0.3, -0.25) is 0 Å². The van der Waals surface area contributed by atoms with Crippen LogP contribution in [-0.2, 0) is 14.3 Å². The Kier molecular flexibility index (Phi) is 9.70. The molecule has 0 saturated carbocycles. The molecule has 0 radical (unpaired) electrons. The van der Waals surface area contributed by atoms with Gasteiger partial charge in [-0.1, -0.05) is 0 Å². The molecule has 6 heteroatoms. The number of rotatable bonds is 9. The van der Waals surface area contributed by atoms with Gasteiger partial charge in [0.05, 0.1) is 19.8 Å². The van der Waals surface area contributed by atoms with Crippen LogP contribution in [0.3, 0.4) is 0 Å². The van der Waals surface area contributed by atoms with E-state index in [4.69, 9.17) is 14.6 Å². The molecule has 0 aromatic rings. The fourth-order valence-electron chi connectivity index (χ4n) is 0.626. The summed E-state index contributed by atoms with van der Waals surface area (Å²) in [4.78, 5) is 10.00. The summed E-state index contributed by atoms with van der Waals surface area (Å²) in [5.41, 5.74) is 0. The van der Waals surface area contributed by atoms with E-state index in [0.29, 0.717) is 19.8 Å². The average molecular weight is 209 g/mol. The molecule has 78 valence electrons. The quantitative estimate of drug-likeness (QED) is 0.397. The number of hydrogen-bond donors (Lipinski definition) is 2. The molecule has 0 fully saturated rings. The van der Waals surface area contributed by atoms with Crippen molar-refractivity contribution in [2.45, 2.75) is 0 Å². The van der Waals surface area contributed by atoms with Gasteiger partial charge in [0.25, 0.3) is 0 Å². The summed E-state index contributed by atoms with van der Waals surface area (Å²) in [6, 6.07) is 0. The normalized spacial score (nSPS) is 10.2. The summed E-state index contributed by atoms with van der Waals surface area (Å²) < 4.78 is 9.88. The standard InChI is InChI=1S/C7H16NO4P/c9-7(10)5-12-4-3-11-2-1-8-6-13/h8H,1-6,13H2,(H,9,10). The number of carboxylic acid groups (broad SMARTS) is 1. The van der Waals surface area contributed by atoms with Gasteiger partial charge in [0.15, 0.2) is 0 Å². The van der Waals surface area contributed by atoms with Crippen molar-refractivity contribution in [3.05, 3.63) is 0 Å². The Labute approximate surface area is 80.0 Å². The minimum absolute atomic E-state index is 0.257. The van der Waals surface area contributed by atoms with Crippen LogP contribution < -0.4 is 5.32 Å². The molecular weight excluding hydrogens is 193 g/mol. The molecule has 0 aliphatic heterocycles. The average Bonchev–Trinajstić information content (AvgIpc) is 2.09. The summed E-state index contributed by atoms with van der Waals surface area (Å²) in [7, 11) is 2.55. The molecule has 0 aliphatic rings. The van der Waals surface area contributed by atoms with Crippen LogP contribution in [0.2, 0.25) is 0 Å². The van der Waals surface area contributed by atoms with Crippen molar-refractivity contribution in [3.8, 4) is 0 Å². The van der Waals surface area contributed by atoms with Crippen LogP contribution in [0, 0.1) is 0 Å². The van der Waals surface area contributed by atoms with Gasteiger partial charge in [-0.25, -0.2) is 4.79 Å². The van der Waals surface area contributed by atoms with Gasteiger partial charge in [-0.05, 0) is 0 Å². The highest BCUT2D eigenvalue weighted by molar-refractivity contribution is 7.16. The number of ether oxygens (including phenoxy) is 2. The highest BCUT2D eigenvalue weighted by Crippen LogP contribution is 1.79. The van der Waals surface area contributed by atoms with E-state index in [1.54, 1.807) is 0 Å². The van der Waals surface area contributed by atoms with Crippen LogP contribution >= 0.6 is 9.24 Å². The fraction of sp³-hybridized carbons (Fsp3) is 0.857. The van der Waals surface area contributed by atoms with E-state index < -0.39 is 5.97 Å². The minimum atomic E-state index is -0.954. The number of carboxylic acids is 1. The van der Waals surface area contributed by atoms with E-state index in [2.05, 4.69) is 14.6 Å². The Hall–Kier alpha value is -0.220. The Morgan fingerprint density at radius 2 is 2.00 bits per heavy atom. The van der Waals surface area contributed by atoms with Crippen molar-refractivity contribution in [2.75, 3.05) is 39.3 Å². The number of hydrogen-bond acceptors (Lipinski definition) is 4. The summed E-state index contributed by atoms with van der Waals surface area (Å²) in [6.45, 7) is 1.92. The molecule has 0 spiro atoms. The second-order valence-electron chi connectivity index (χ2n) is 2.26. The first-order valence-electron chi connectivity index (χ1n) is 4.05. The van der Waals surface area contributed by atoms with Gasteiger partial charge in [-0.2, -0.15) is 0 Å². The van der Waals surface area contributed by atoms with Crippen molar-refractivity contribution >= 4 is 15.2 Å². The highest BCUT2D eigenvalue weighted by Gasteiger charge is 1.95. The first-order valence-corrected chi connectivity index (χ1v) is 4.87. The first-order chi connectivity index (χ1) is 6.27. The molecule has 0 bridgehead atoms. The summed E-state index contributed by atoms with van der Waals surface area (Å²) in [5.74, 6) is -0.954. The van der Waals surface area contributed by atoms with E-state index in [-0.39, 0.29) is 6.61 Å². The van der Waals surface area contributed by atoms with Crippen LogP contribution in [0.1, 0.15) is 0 Å². The zero-order chi connectivity index (χ0) is 9.94. The Bertz CT molecular complexity index is 134. The molecule has 1 unspecified atom stereocenters. The summed E-state index contributed by atoms with van der Waals surface area (Å²) >= 11 is 0. The smallest absolute Gasteiger partial charge is 0.329 e. The molecule has 0 aromatic heterocycles. The van der Waals surface area contributed by atoms with Crippen LogP contribution in [-0.4, -0.2) is 50.3 Å². The predicted molar refractivity (Wildman–Crippen MR) is 51.9 cm³/mol. The molecule has 0 amide bonds. The molecule has 2 N–H and O–H groups in total. The SMILES string of the molecule is O=C(O)COCCOCCNCP. The van der Waals surface area contributed by atoms with Gasteiger partial charge in [0.1, 0.15) is 6.61 Å². The molecule has 0 saturated heterocycles. The van der Waals surface area contributed by atoms with Crippen LogP contribution in [0.4, 0.5) is 0 Å². The number of nitrogens with one attached hydrogen (secondary N) is 1. The lowest BCUT2D eigenvalue weighted by molar-refractivity contribution is -0.142. The molecule has 0 aliphatic carbocycles. The Morgan fingerprint density at radius 3 is 2.62 bits per heavy atom. The third kappa shape index (κ3) is 11.8. The van der Waals surface area contributed by atoms with Gasteiger partial charge < -0.3 is 19.9 Å². The van der Waals surface area contributed by atoms with E-state index in [0.717, 1.165) is 12.8 Å². The second-order valence-corrected chi connectivity index (χ2v) is 2.67. The minimum Gasteiger partial charge on any atom is -0.480 e. The molecule has 13 heavy (non-hydrogen) atoms. The maximum absolute atomic E-state index is 10.00. The lowest BCUT2D eigenvalue weighted by Gasteiger charge is -2.04. The largest absolute Gasteiger partial charge is 0.480 e. The summed E-state index contributed by atoms with van der Waals surface area (Å²) in [6.07, 6.45) is 0.846. The fourth-order valence-corrected chi connectivity index (χ4v) is 0.830. The van der Waals surface area contributed by atoms with Crippen molar-refractivity contribution < 1.29 is 19.4 Å². The Balaban J connectivity index is 2.87. The number of aliphatic carboxylic acids is 1. The lowest BCUT2D eigenvalue weighted by Crippen LogP contribution is -2.19. The van der Waals surface area contributed by atoms with Crippen molar-refractivity contribution in [1.82, 2.24) is 5.32 Å². The molecular formula is C7H16NO4P. The summed E-state index contributed by atoms with van der Waals surface area (Å²) in [5, 5.41) is 11.3. The van der Waals surface area contributed by atoms with Crippen LogP contribution in [0.5, 0.6) is 0 Å². The monoisotopic (exact) mass is 209 g/mol. The molecule has 0 aromatic carbocycles. The van der Waals surface area contributed by atoms with Crippen LogP contribution in [0.15, 0.2) is 0 Å². The third-order valence-electron chi connectivity index (χ3n) is 1.17. The Morgan fingerprint density at radius 1 is 1.31 bits per heavy atom. The molecule has 5 nitrogen and oxygen atoms in total. The van der Waals surface area contributed by atoms with Crippen molar-refractivity contribution in [2.24, 2.45) is 0 Å². The van der Waals surface area contributed by atoms with Gasteiger partial charge in [0.2, 0.25) is 0 Å². The second kappa shape index (κ2) is 9.86. The predicted octanol–water partition coefficient (Wildman–Crippen LogP) is -0.474. The van der Waals surface area contributed by atoms with Gasteiger partial charge >= 0.3 is 5.97 Å². The zero-order valence-electron chi connectivity index (χ0n) is 7.49. The lowest BCUT2D eigenvalue weighted by atomic mass is 10.6. The van der Waals surface area contributed by atoms with Gasteiger partial charge in [-0.15, -0.1) is 9.24 Å². The van der Waals surface area contributed by atoms with Crippen LogP contribution in [0.25, 0.3) is 0 Å². The highest BCUT2D eigenvalue weighted by atomic mass is 31.0. The van der Waals surface area contributed by atoms with Gasteiger partial charge in [0, 0.05) is 12.8 Å². The first kappa shape index (κ1) is 12.8. The van der Waals surface area contributed by atoms with Crippen molar-refractivity contribution in [1.29, 1.82) is 0 Å².